The van der Waals surface area contributed by atoms with Gasteiger partial charge in [0, 0.05) is 23.5 Å². The van der Waals surface area contributed by atoms with Gasteiger partial charge in [0.1, 0.15) is 5.82 Å². The van der Waals surface area contributed by atoms with Gasteiger partial charge in [-0.15, -0.1) is 0 Å². The maximum atomic E-state index is 12.6. The lowest BCUT2D eigenvalue weighted by atomic mass is 10.2. The molecule has 0 radical (unpaired) electrons. The van der Waals surface area contributed by atoms with Crippen LogP contribution in [0.1, 0.15) is 16.8 Å². The Bertz CT molecular complexity index is 770. The first-order chi connectivity index (χ1) is 12.0. The first-order valence-electron chi connectivity index (χ1n) is 7.76. The second-order valence-electron chi connectivity index (χ2n) is 5.87. The molecule has 0 bridgehead atoms. The SMILES string of the molecule is O=C(c1cnc(Nc2ccc(Cl)cc2)c(Cl)c1)N1C[C@H](O)C[C@H]1CO. The van der Waals surface area contributed by atoms with E-state index in [4.69, 9.17) is 23.2 Å². The van der Waals surface area contributed by atoms with Crippen molar-refractivity contribution in [3.05, 3.63) is 52.1 Å². The van der Waals surface area contributed by atoms with Crippen molar-refractivity contribution < 1.29 is 15.0 Å². The fourth-order valence-electron chi connectivity index (χ4n) is 2.80. The van der Waals surface area contributed by atoms with Gasteiger partial charge in [-0.3, -0.25) is 4.79 Å². The van der Waals surface area contributed by atoms with Crippen molar-refractivity contribution in [3.63, 3.8) is 0 Å². The van der Waals surface area contributed by atoms with Gasteiger partial charge in [0.2, 0.25) is 0 Å². The number of hydrogen-bond donors (Lipinski definition) is 3. The van der Waals surface area contributed by atoms with Crippen LogP contribution in [-0.2, 0) is 0 Å². The molecule has 1 saturated heterocycles. The van der Waals surface area contributed by atoms with Gasteiger partial charge in [-0.1, -0.05) is 23.2 Å². The number of halogens is 2. The number of nitrogens with one attached hydrogen (secondary N) is 1. The van der Waals surface area contributed by atoms with Crippen molar-refractivity contribution in [2.24, 2.45) is 0 Å². The Hall–Kier alpha value is -1.86. The Balaban J connectivity index is 1.77. The molecule has 1 aromatic heterocycles. The second-order valence-corrected chi connectivity index (χ2v) is 6.71. The molecule has 2 aromatic rings. The van der Waals surface area contributed by atoms with Crippen molar-refractivity contribution in [2.75, 3.05) is 18.5 Å². The molecule has 1 fully saturated rings. The molecule has 2 atom stereocenters. The van der Waals surface area contributed by atoms with E-state index in [-0.39, 0.29) is 19.1 Å². The molecular weight excluding hydrogens is 365 g/mol. The molecular formula is C17H17Cl2N3O3. The highest BCUT2D eigenvalue weighted by Gasteiger charge is 2.34. The monoisotopic (exact) mass is 381 g/mol. The third kappa shape index (κ3) is 4.04. The maximum absolute atomic E-state index is 12.6. The van der Waals surface area contributed by atoms with Crippen LogP contribution in [0.2, 0.25) is 10.0 Å². The van der Waals surface area contributed by atoms with Crippen LogP contribution < -0.4 is 5.32 Å². The molecule has 3 N–H and O–H groups in total. The molecule has 1 amide bonds. The van der Waals surface area contributed by atoms with Crippen LogP contribution in [0.25, 0.3) is 0 Å². The van der Waals surface area contributed by atoms with Crippen LogP contribution >= 0.6 is 23.2 Å². The zero-order valence-electron chi connectivity index (χ0n) is 13.2. The third-order valence-corrected chi connectivity index (χ3v) is 4.60. The molecule has 0 aliphatic carbocycles. The summed E-state index contributed by atoms with van der Waals surface area (Å²) in [6, 6.07) is 8.18. The molecule has 1 aromatic carbocycles. The molecule has 0 unspecified atom stereocenters. The lowest BCUT2D eigenvalue weighted by Gasteiger charge is -2.22. The summed E-state index contributed by atoms with van der Waals surface area (Å²) >= 11 is 12.1. The van der Waals surface area contributed by atoms with Gasteiger partial charge in [0.15, 0.2) is 0 Å². The van der Waals surface area contributed by atoms with Gasteiger partial charge < -0.3 is 20.4 Å². The van der Waals surface area contributed by atoms with E-state index in [1.807, 2.05) is 0 Å². The van der Waals surface area contributed by atoms with Crippen LogP contribution in [-0.4, -0.2) is 51.3 Å². The summed E-state index contributed by atoms with van der Waals surface area (Å²) in [7, 11) is 0. The summed E-state index contributed by atoms with van der Waals surface area (Å²) in [5.74, 6) is 0.101. The first kappa shape index (κ1) is 17.9. The summed E-state index contributed by atoms with van der Waals surface area (Å²) in [5, 5.41) is 23.0. The number of amides is 1. The van der Waals surface area contributed by atoms with Crippen LogP contribution in [0, 0.1) is 0 Å². The zero-order valence-corrected chi connectivity index (χ0v) is 14.7. The van der Waals surface area contributed by atoms with Gasteiger partial charge in [-0.05, 0) is 36.8 Å². The Morgan fingerprint density at radius 1 is 1.32 bits per heavy atom. The Kier molecular flexibility index (Phi) is 5.44. The molecule has 3 rings (SSSR count). The maximum Gasteiger partial charge on any atom is 0.255 e. The zero-order chi connectivity index (χ0) is 18.0. The highest BCUT2D eigenvalue weighted by atomic mass is 35.5. The first-order valence-corrected chi connectivity index (χ1v) is 8.51. The molecule has 132 valence electrons. The van der Waals surface area contributed by atoms with Crippen LogP contribution in [0.15, 0.2) is 36.5 Å². The van der Waals surface area contributed by atoms with E-state index in [2.05, 4.69) is 10.3 Å². The Labute approximate surface area is 155 Å². The van der Waals surface area contributed by atoms with E-state index in [1.54, 1.807) is 24.3 Å². The largest absolute Gasteiger partial charge is 0.394 e. The number of nitrogens with zero attached hydrogens (tertiary/aromatic N) is 2. The quantitative estimate of drug-likeness (QED) is 0.757. The fraction of sp³-hybridized carbons (Fsp3) is 0.294. The number of benzene rings is 1. The molecule has 0 saturated carbocycles. The summed E-state index contributed by atoms with van der Waals surface area (Å²) in [4.78, 5) is 18.2. The van der Waals surface area contributed by atoms with E-state index in [0.717, 1.165) is 5.69 Å². The number of pyridine rings is 1. The molecule has 2 heterocycles. The summed E-state index contributed by atoms with van der Waals surface area (Å²) in [5.41, 5.74) is 1.07. The molecule has 6 nitrogen and oxygen atoms in total. The van der Waals surface area contributed by atoms with E-state index in [0.29, 0.717) is 27.8 Å². The van der Waals surface area contributed by atoms with Crippen LogP contribution in [0.5, 0.6) is 0 Å². The van der Waals surface area contributed by atoms with Gasteiger partial charge in [0.25, 0.3) is 5.91 Å². The standard InChI is InChI=1S/C17H17Cl2N3O3/c18-11-1-3-12(4-2-11)21-16-15(19)5-10(7-20-16)17(25)22-8-14(24)6-13(22)9-23/h1-5,7,13-14,23-24H,6,8-9H2,(H,20,21)/t13-,14+/m0/s1. The lowest BCUT2D eigenvalue weighted by molar-refractivity contribution is 0.0664. The molecule has 8 heteroatoms. The second kappa shape index (κ2) is 7.58. The normalized spacial score (nSPS) is 19.9. The number of β-amino-alcohol motifs (C(OH)–C–C–N with tert-alkyl or cyclic N) is 1. The molecule has 0 spiro atoms. The number of anilines is 2. The minimum atomic E-state index is -0.629. The molecule has 1 aliphatic heterocycles. The smallest absolute Gasteiger partial charge is 0.255 e. The number of rotatable bonds is 4. The number of carbonyl (C=O) groups is 1. The summed E-state index contributed by atoms with van der Waals surface area (Å²) in [6.07, 6.45) is 1.15. The average molecular weight is 382 g/mol. The van der Waals surface area contributed by atoms with E-state index >= 15 is 0 Å². The Morgan fingerprint density at radius 2 is 2.04 bits per heavy atom. The molecule has 1 aliphatic rings. The Morgan fingerprint density at radius 3 is 2.68 bits per heavy atom. The lowest BCUT2D eigenvalue weighted by Crippen LogP contribution is -2.38. The van der Waals surface area contributed by atoms with Gasteiger partial charge in [0.05, 0.1) is 29.3 Å². The van der Waals surface area contributed by atoms with E-state index in [9.17, 15) is 15.0 Å². The summed E-state index contributed by atoms with van der Waals surface area (Å²) in [6.45, 7) is -0.00732. The van der Waals surface area contributed by atoms with E-state index in [1.165, 1.54) is 17.2 Å². The average Bonchev–Trinajstić information content (AvgIpc) is 2.99. The number of likely N-dealkylation sites (tertiary alicyclic amines) is 1. The van der Waals surface area contributed by atoms with Crippen LogP contribution in [0.3, 0.4) is 0 Å². The predicted octanol–water partition coefficient (Wildman–Crippen LogP) is 2.70. The van der Waals surface area contributed by atoms with Gasteiger partial charge >= 0.3 is 0 Å². The molecule has 25 heavy (non-hydrogen) atoms. The van der Waals surface area contributed by atoms with Crippen molar-refractivity contribution in [1.82, 2.24) is 9.88 Å². The van der Waals surface area contributed by atoms with Crippen molar-refractivity contribution in [2.45, 2.75) is 18.6 Å². The summed E-state index contributed by atoms with van der Waals surface area (Å²) < 4.78 is 0. The third-order valence-electron chi connectivity index (χ3n) is 4.06. The fourth-order valence-corrected chi connectivity index (χ4v) is 3.14. The van der Waals surface area contributed by atoms with E-state index < -0.39 is 12.1 Å². The highest BCUT2D eigenvalue weighted by molar-refractivity contribution is 6.33. The predicted molar refractivity (Wildman–Crippen MR) is 96.5 cm³/mol. The van der Waals surface area contributed by atoms with Crippen molar-refractivity contribution in [3.8, 4) is 0 Å². The minimum Gasteiger partial charge on any atom is -0.394 e. The van der Waals surface area contributed by atoms with Gasteiger partial charge in [-0.25, -0.2) is 4.98 Å². The topological polar surface area (TPSA) is 85.7 Å². The number of hydrogen-bond acceptors (Lipinski definition) is 5. The number of aliphatic hydroxyl groups is 2. The van der Waals surface area contributed by atoms with Crippen LogP contribution in [0.4, 0.5) is 11.5 Å². The number of carbonyl (C=O) groups excluding carboxylic acids is 1. The van der Waals surface area contributed by atoms with Gasteiger partial charge in [-0.2, -0.15) is 0 Å². The number of aromatic nitrogens is 1. The highest BCUT2D eigenvalue weighted by Crippen LogP contribution is 2.27. The van der Waals surface area contributed by atoms with Crippen molar-refractivity contribution in [1.29, 1.82) is 0 Å². The minimum absolute atomic E-state index is 0.187. The van der Waals surface area contributed by atoms with Crippen molar-refractivity contribution >= 4 is 40.6 Å². The number of aliphatic hydroxyl groups excluding tert-OH is 2.